The van der Waals surface area contributed by atoms with Crippen molar-refractivity contribution in [3.05, 3.63) is 47.7 Å². The second-order valence-corrected chi connectivity index (χ2v) is 7.49. The quantitative estimate of drug-likeness (QED) is 0.855. The summed E-state index contributed by atoms with van der Waals surface area (Å²) in [4.78, 5) is 12.2. The van der Waals surface area contributed by atoms with E-state index in [0.29, 0.717) is 18.3 Å². The first-order valence-corrected chi connectivity index (χ1v) is 8.42. The number of anilines is 1. The fourth-order valence-electron chi connectivity index (χ4n) is 2.58. The second-order valence-electron chi connectivity index (χ2n) is 7.49. The predicted octanol–water partition coefficient (Wildman–Crippen LogP) is 2.87. The molecule has 0 spiro atoms. The largest absolute Gasteiger partial charge is 0.338 e. The van der Waals surface area contributed by atoms with Crippen molar-refractivity contribution in [2.24, 2.45) is 5.92 Å². The van der Waals surface area contributed by atoms with Crippen LogP contribution >= 0.6 is 0 Å². The zero-order valence-corrected chi connectivity index (χ0v) is 15.2. The molecule has 0 saturated heterocycles. The zero-order chi connectivity index (χ0) is 17.7. The fourth-order valence-corrected chi connectivity index (χ4v) is 2.58. The number of benzene rings is 1. The average molecular weight is 330 g/mol. The minimum absolute atomic E-state index is 0.0896. The third-order valence-electron chi connectivity index (χ3n) is 4.00. The van der Waals surface area contributed by atoms with Crippen molar-refractivity contribution in [2.45, 2.75) is 46.1 Å². The van der Waals surface area contributed by atoms with Crippen LogP contribution in [0.1, 0.15) is 51.9 Å². The van der Waals surface area contributed by atoms with E-state index in [-0.39, 0.29) is 17.4 Å². The average Bonchev–Trinajstić information content (AvgIpc) is 2.97. The highest BCUT2D eigenvalue weighted by Gasteiger charge is 2.22. The minimum Gasteiger partial charge on any atom is -0.338 e. The Bertz CT molecular complexity index is 657. The molecule has 1 atom stereocenters. The summed E-state index contributed by atoms with van der Waals surface area (Å²) in [6, 6.07) is 12.3. The van der Waals surface area contributed by atoms with E-state index in [4.69, 9.17) is 4.52 Å². The molecule has 1 aromatic heterocycles. The highest BCUT2D eigenvalue weighted by molar-refractivity contribution is 5.90. The topological polar surface area (TPSA) is 71.7 Å². The molecule has 24 heavy (non-hydrogen) atoms. The number of quaternary nitrogens is 1. The van der Waals surface area contributed by atoms with E-state index in [9.17, 15) is 4.79 Å². The smallest absolute Gasteiger partial charge is 0.281 e. The normalized spacial score (nSPS) is 13.1. The monoisotopic (exact) mass is 330 g/mol. The lowest BCUT2D eigenvalue weighted by atomic mass is 9.92. The fraction of sp³-hybridized carbons (Fsp3) is 0.474. The van der Waals surface area contributed by atoms with Crippen molar-refractivity contribution in [1.82, 2.24) is 5.16 Å². The van der Waals surface area contributed by atoms with Crippen molar-refractivity contribution < 1.29 is 14.6 Å². The molecule has 5 heteroatoms. The predicted molar refractivity (Wildman–Crippen MR) is 94.6 cm³/mol. The van der Waals surface area contributed by atoms with E-state index in [2.05, 4.69) is 62.5 Å². The summed E-state index contributed by atoms with van der Waals surface area (Å²) < 4.78 is 5.20. The van der Waals surface area contributed by atoms with Gasteiger partial charge in [0.15, 0.2) is 6.54 Å². The van der Waals surface area contributed by atoms with Crippen LogP contribution < -0.4 is 10.6 Å². The Morgan fingerprint density at radius 2 is 1.92 bits per heavy atom. The lowest BCUT2D eigenvalue weighted by Gasteiger charge is -2.19. The maximum Gasteiger partial charge on any atom is 0.281 e. The van der Waals surface area contributed by atoms with Crippen LogP contribution in [0, 0.1) is 5.92 Å². The van der Waals surface area contributed by atoms with Gasteiger partial charge in [-0.1, -0.05) is 70.1 Å². The second kappa shape index (κ2) is 7.62. The number of hydrogen-bond acceptors (Lipinski definition) is 3. The molecule has 5 nitrogen and oxygen atoms in total. The van der Waals surface area contributed by atoms with Gasteiger partial charge in [0.1, 0.15) is 6.04 Å². The zero-order valence-electron chi connectivity index (χ0n) is 15.2. The Labute approximate surface area is 143 Å². The number of amides is 1. The molecule has 130 valence electrons. The third-order valence-corrected chi connectivity index (χ3v) is 4.00. The number of carbonyl (C=O) groups is 1. The number of carbonyl (C=O) groups excluding carboxylic acids is 1. The van der Waals surface area contributed by atoms with E-state index < -0.39 is 0 Å². The summed E-state index contributed by atoms with van der Waals surface area (Å²) in [6.07, 6.45) is 0. The lowest BCUT2D eigenvalue weighted by molar-refractivity contribution is -0.692. The van der Waals surface area contributed by atoms with Gasteiger partial charge in [-0.15, -0.1) is 0 Å². The summed E-state index contributed by atoms with van der Waals surface area (Å²) in [5.74, 6) is 0.741. The van der Waals surface area contributed by atoms with Crippen LogP contribution in [0.15, 0.2) is 40.9 Å². The van der Waals surface area contributed by atoms with Gasteiger partial charge in [0, 0.05) is 23.0 Å². The summed E-state index contributed by atoms with van der Waals surface area (Å²) in [6.45, 7) is 10.8. The molecule has 0 bridgehead atoms. The van der Waals surface area contributed by atoms with Gasteiger partial charge in [-0.2, -0.15) is 0 Å². The number of rotatable bonds is 6. The lowest BCUT2D eigenvalue weighted by Crippen LogP contribution is -2.88. The summed E-state index contributed by atoms with van der Waals surface area (Å²) in [5.41, 5.74) is 1.95. The van der Waals surface area contributed by atoms with Crippen molar-refractivity contribution in [1.29, 1.82) is 0 Å². The van der Waals surface area contributed by atoms with Gasteiger partial charge >= 0.3 is 0 Å². The first-order valence-electron chi connectivity index (χ1n) is 8.42. The first kappa shape index (κ1) is 18.2. The molecule has 1 heterocycles. The van der Waals surface area contributed by atoms with Crippen LogP contribution in [0.4, 0.5) is 5.88 Å². The molecule has 2 rings (SSSR count). The van der Waals surface area contributed by atoms with Gasteiger partial charge in [-0.3, -0.25) is 10.1 Å². The molecular formula is C19H28N3O2+. The van der Waals surface area contributed by atoms with Gasteiger partial charge in [0.05, 0.1) is 5.69 Å². The molecule has 0 aliphatic heterocycles. The van der Waals surface area contributed by atoms with Crippen LogP contribution in [-0.2, 0) is 10.2 Å². The molecule has 0 aliphatic rings. The van der Waals surface area contributed by atoms with Crippen molar-refractivity contribution in [3.63, 3.8) is 0 Å². The van der Waals surface area contributed by atoms with Gasteiger partial charge in [-0.25, -0.2) is 0 Å². The molecule has 0 aliphatic carbocycles. The van der Waals surface area contributed by atoms with E-state index >= 15 is 0 Å². The molecule has 0 radical (unpaired) electrons. The molecule has 2 aromatic rings. The molecule has 0 fully saturated rings. The van der Waals surface area contributed by atoms with Crippen LogP contribution in [0.25, 0.3) is 0 Å². The highest BCUT2D eigenvalue weighted by atomic mass is 16.5. The Kier molecular flexibility index (Phi) is 5.78. The molecule has 0 saturated carbocycles. The summed E-state index contributed by atoms with van der Waals surface area (Å²) in [7, 11) is 0. The van der Waals surface area contributed by atoms with E-state index in [1.165, 1.54) is 5.56 Å². The number of nitrogens with one attached hydrogen (secondary N) is 1. The maximum atomic E-state index is 12.2. The van der Waals surface area contributed by atoms with Crippen molar-refractivity contribution in [3.8, 4) is 0 Å². The number of hydrogen-bond donors (Lipinski definition) is 2. The number of aromatic nitrogens is 1. The van der Waals surface area contributed by atoms with E-state index in [1.807, 2.05) is 18.2 Å². The van der Waals surface area contributed by atoms with Crippen molar-refractivity contribution in [2.75, 3.05) is 11.9 Å². The third kappa shape index (κ3) is 4.93. The van der Waals surface area contributed by atoms with Crippen LogP contribution in [-0.4, -0.2) is 17.6 Å². The molecule has 3 N–H and O–H groups in total. The van der Waals surface area contributed by atoms with Gasteiger partial charge in [-0.05, 0) is 0 Å². The Morgan fingerprint density at radius 3 is 2.46 bits per heavy atom. The SMILES string of the molecule is CC(C)[C@@H]([NH2+]CC(=O)Nc1cc(C(C)(C)C)no1)c1ccccc1. The Balaban J connectivity index is 1.93. The Morgan fingerprint density at radius 1 is 1.25 bits per heavy atom. The molecular weight excluding hydrogens is 302 g/mol. The molecule has 0 unspecified atom stereocenters. The molecule has 1 amide bonds. The van der Waals surface area contributed by atoms with E-state index in [0.717, 1.165) is 5.69 Å². The highest BCUT2D eigenvalue weighted by Crippen LogP contribution is 2.23. The van der Waals surface area contributed by atoms with Gasteiger partial charge in [0.2, 0.25) is 5.88 Å². The number of nitrogens with zero attached hydrogens (tertiary/aromatic N) is 1. The standard InChI is InChI=1S/C19H27N3O2/c1-13(2)18(14-9-7-6-8-10-14)20-12-16(23)21-17-11-15(22-24-17)19(3,4)5/h6-11,13,18,20H,12H2,1-5H3,(H,21,23)/p+1/t18-/m1/s1. The van der Waals surface area contributed by atoms with Gasteiger partial charge < -0.3 is 9.84 Å². The number of nitrogens with two attached hydrogens (primary N) is 1. The van der Waals surface area contributed by atoms with Gasteiger partial charge in [0.25, 0.3) is 5.91 Å². The van der Waals surface area contributed by atoms with Crippen molar-refractivity contribution >= 4 is 11.8 Å². The van der Waals surface area contributed by atoms with Crippen LogP contribution in [0.3, 0.4) is 0 Å². The Hall–Kier alpha value is -2.14. The van der Waals surface area contributed by atoms with E-state index in [1.54, 1.807) is 6.07 Å². The van der Waals surface area contributed by atoms with Crippen LogP contribution in [0.5, 0.6) is 0 Å². The van der Waals surface area contributed by atoms with Crippen LogP contribution in [0.2, 0.25) is 0 Å². The summed E-state index contributed by atoms with van der Waals surface area (Å²) >= 11 is 0. The maximum absolute atomic E-state index is 12.2. The summed E-state index contributed by atoms with van der Waals surface area (Å²) in [5, 5.41) is 8.86. The minimum atomic E-state index is -0.103. The first-order chi connectivity index (χ1) is 11.3. The molecule has 1 aromatic carbocycles.